The molecule has 9 heavy (non-hydrogen) atoms. The van der Waals surface area contributed by atoms with Crippen molar-refractivity contribution in [2.24, 2.45) is 0 Å². The van der Waals surface area contributed by atoms with Crippen molar-refractivity contribution in [3.8, 4) is 0 Å². The van der Waals surface area contributed by atoms with Gasteiger partial charge in [-0.25, -0.2) is 4.98 Å². The largest absolute Gasteiger partial charge is 0.214 e. The summed E-state index contributed by atoms with van der Waals surface area (Å²) in [6.07, 6.45) is 3.20. The van der Waals surface area contributed by atoms with Crippen LogP contribution in [0.4, 0.5) is 0 Å². The fourth-order valence-corrected chi connectivity index (χ4v) is 2.09. The van der Waals surface area contributed by atoms with E-state index in [1.807, 2.05) is 18.0 Å². The molecule has 0 bridgehead atoms. The highest BCUT2D eigenvalue weighted by Crippen LogP contribution is 2.26. The first-order valence-corrected chi connectivity index (χ1v) is 4.08. The van der Waals surface area contributed by atoms with Crippen molar-refractivity contribution in [1.29, 1.82) is 0 Å². The lowest BCUT2D eigenvalue weighted by atomic mass is 10.3. The Morgan fingerprint density at radius 3 is 3.44 bits per heavy atom. The van der Waals surface area contributed by atoms with Crippen LogP contribution in [-0.4, -0.2) is 5.75 Å². The van der Waals surface area contributed by atoms with Crippen LogP contribution in [0.2, 0.25) is 0 Å². The molecule has 2 heteroatoms. The molecule has 0 radical (unpaired) electrons. The molecule has 1 N–H and O–H groups in total. The highest BCUT2D eigenvalue weighted by molar-refractivity contribution is 7.99. The Hall–Kier alpha value is -0.500. The van der Waals surface area contributed by atoms with Crippen molar-refractivity contribution in [2.45, 2.75) is 11.3 Å². The summed E-state index contributed by atoms with van der Waals surface area (Å²) in [4.78, 5) is 4.66. The summed E-state index contributed by atoms with van der Waals surface area (Å²) in [5, 5.41) is 0. The number of aromatic amines is 1. The maximum absolute atomic E-state index is 3.23. The SMILES string of the molecule is c1c[nH+]c2c(c1)SCC2. The van der Waals surface area contributed by atoms with E-state index in [2.05, 4.69) is 17.1 Å². The second-order valence-corrected chi connectivity index (χ2v) is 3.25. The van der Waals surface area contributed by atoms with Gasteiger partial charge in [0.25, 0.3) is 0 Å². The summed E-state index contributed by atoms with van der Waals surface area (Å²) in [5.74, 6) is 1.25. The second-order valence-electron chi connectivity index (χ2n) is 2.11. The van der Waals surface area contributed by atoms with Gasteiger partial charge in [0.1, 0.15) is 0 Å². The van der Waals surface area contributed by atoms with E-state index in [9.17, 15) is 0 Å². The standard InChI is InChI=1S/C7H7NS/c1-2-7-6(8-4-1)3-5-9-7/h1-2,4H,3,5H2/p+1. The molecule has 2 heterocycles. The first-order valence-electron chi connectivity index (χ1n) is 3.09. The average Bonchev–Trinajstić information content (AvgIpc) is 2.33. The molecule has 0 atom stereocenters. The van der Waals surface area contributed by atoms with Crippen LogP contribution < -0.4 is 4.98 Å². The van der Waals surface area contributed by atoms with Crippen LogP contribution in [0.5, 0.6) is 0 Å². The van der Waals surface area contributed by atoms with Gasteiger partial charge < -0.3 is 0 Å². The Morgan fingerprint density at radius 1 is 1.56 bits per heavy atom. The number of H-pyrrole nitrogens is 1. The molecule has 2 rings (SSSR count). The van der Waals surface area contributed by atoms with Crippen LogP contribution in [0.15, 0.2) is 23.2 Å². The number of hydrogen-bond donors (Lipinski definition) is 0. The van der Waals surface area contributed by atoms with Crippen LogP contribution in [0.25, 0.3) is 0 Å². The number of aryl methyl sites for hydroxylation is 1. The number of rotatable bonds is 0. The predicted molar refractivity (Wildman–Crippen MR) is 37.4 cm³/mol. The van der Waals surface area contributed by atoms with Crippen molar-refractivity contribution in [3.63, 3.8) is 0 Å². The van der Waals surface area contributed by atoms with Gasteiger partial charge in [-0.2, -0.15) is 0 Å². The molecule has 1 aliphatic rings. The molecule has 1 aromatic heterocycles. The highest BCUT2D eigenvalue weighted by Gasteiger charge is 2.15. The van der Waals surface area contributed by atoms with Gasteiger partial charge in [-0.3, -0.25) is 0 Å². The Labute approximate surface area is 58.5 Å². The maximum atomic E-state index is 3.23. The fourth-order valence-electron chi connectivity index (χ4n) is 1.05. The van der Waals surface area contributed by atoms with Gasteiger partial charge in [0.2, 0.25) is 0 Å². The molecule has 1 nitrogen and oxygen atoms in total. The van der Waals surface area contributed by atoms with Gasteiger partial charge in [0, 0.05) is 18.2 Å². The van der Waals surface area contributed by atoms with E-state index in [4.69, 9.17) is 0 Å². The maximum Gasteiger partial charge on any atom is 0.194 e. The first kappa shape index (κ1) is 5.30. The summed E-state index contributed by atoms with van der Waals surface area (Å²) in [6, 6.07) is 4.22. The molecule has 0 spiro atoms. The van der Waals surface area contributed by atoms with Crippen molar-refractivity contribution in [2.75, 3.05) is 5.75 Å². The molecule has 0 amide bonds. The van der Waals surface area contributed by atoms with Gasteiger partial charge >= 0.3 is 0 Å². The van der Waals surface area contributed by atoms with Crippen LogP contribution in [0.1, 0.15) is 5.69 Å². The average molecular weight is 138 g/mol. The molecule has 0 aromatic carbocycles. The lowest BCUT2D eigenvalue weighted by Crippen LogP contribution is -2.07. The lowest BCUT2D eigenvalue weighted by molar-refractivity contribution is -0.392. The van der Waals surface area contributed by atoms with Gasteiger partial charge in [0.15, 0.2) is 11.9 Å². The summed E-state index contributed by atoms with van der Waals surface area (Å²) >= 11 is 1.94. The van der Waals surface area contributed by atoms with Crippen molar-refractivity contribution >= 4 is 11.8 Å². The Morgan fingerprint density at radius 2 is 2.56 bits per heavy atom. The fraction of sp³-hybridized carbons (Fsp3) is 0.286. The Bertz CT molecular complexity index is 199. The van der Waals surface area contributed by atoms with E-state index < -0.39 is 0 Å². The first-order chi connectivity index (χ1) is 4.47. The number of hydrogen-bond acceptors (Lipinski definition) is 1. The van der Waals surface area contributed by atoms with Gasteiger partial charge in [-0.1, -0.05) is 0 Å². The summed E-state index contributed by atoms with van der Waals surface area (Å²) in [5.41, 5.74) is 1.41. The molecule has 0 saturated heterocycles. The van der Waals surface area contributed by atoms with E-state index in [-0.39, 0.29) is 0 Å². The summed E-state index contributed by atoms with van der Waals surface area (Å²) < 4.78 is 0. The van der Waals surface area contributed by atoms with E-state index in [0.717, 1.165) is 0 Å². The van der Waals surface area contributed by atoms with Crippen LogP contribution in [0.3, 0.4) is 0 Å². The zero-order valence-corrected chi connectivity index (χ0v) is 5.87. The van der Waals surface area contributed by atoms with E-state index in [1.54, 1.807) is 0 Å². The van der Waals surface area contributed by atoms with E-state index >= 15 is 0 Å². The highest BCUT2D eigenvalue weighted by atomic mass is 32.2. The molecule has 0 aliphatic carbocycles. The third-order valence-corrected chi connectivity index (χ3v) is 2.61. The molecule has 1 aliphatic heterocycles. The van der Waals surface area contributed by atoms with Crippen LogP contribution in [0, 0.1) is 0 Å². The second kappa shape index (κ2) is 2.03. The molecular formula is C7H8NS+. The molecule has 46 valence electrons. The molecule has 0 saturated carbocycles. The quantitative estimate of drug-likeness (QED) is 0.524. The minimum Gasteiger partial charge on any atom is -0.214 e. The van der Waals surface area contributed by atoms with Crippen molar-refractivity contribution in [3.05, 3.63) is 24.0 Å². The normalized spacial score (nSPS) is 15.6. The predicted octanol–water partition coefficient (Wildman–Crippen LogP) is 1.15. The van der Waals surface area contributed by atoms with Gasteiger partial charge in [0.05, 0.1) is 4.90 Å². The number of aromatic nitrogens is 1. The smallest absolute Gasteiger partial charge is 0.194 e. The zero-order chi connectivity index (χ0) is 6.10. The molecular weight excluding hydrogens is 130 g/mol. The molecule has 1 aromatic rings. The topological polar surface area (TPSA) is 14.1 Å². The van der Waals surface area contributed by atoms with Gasteiger partial charge in [-0.15, -0.1) is 11.8 Å². The Balaban J connectivity index is 2.54. The monoisotopic (exact) mass is 138 g/mol. The third kappa shape index (κ3) is 0.833. The minimum atomic E-state index is 1.21. The van der Waals surface area contributed by atoms with Gasteiger partial charge in [-0.05, 0) is 6.07 Å². The number of nitrogens with one attached hydrogen (secondary N) is 1. The van der Waals surface area contributed by atoms with Crippen LogP contribution in [-0.2, 0) is 6.42 Å². The summed E-state index contributed by atoms with van der Waals surface area (Å²) in [7, 11) is 0. The summed E-state index contributed by atoms with van der Waals surface area (Å²) in [6.45, 7) is 0. The Kier molecular flexibility index (Phi) is 1.19. The molecule has 0 fully saturated rings. The van der Waals surface area contributed by atoms with E-state index in [0.29, 0.717) is 0 Å². The van der Waals surface area contributed by atoms with Crippen molar-refractivity contribution in [1.82, 2.24) is 0 Å². The molecule has 0 unspecified atom stereocenters. The number of pyridine rings is 1. The zero-order valence-electron chi connectivity index (χ0n) is 5.05. The number of fused-ring (bicyclic) bond motifs is 1. The third-order valence-electron chi connectivity index (χ3n) is 1.51. The van der Waals surface area contributed by atoms with E-state index in [1.165, 1.54) is 22.8 Å². The minimum absolute atomic E-state index is 1.21. The number of thioether (sulfide) groups is 1. The van der Waals surface area contributed by atoms with Crippen LogP contribution >= 0.6 is 11.8 Å². The lowest BCUT2D eigenvalue weighted by Gasteiger charge is -1.84. The van der Waals surface area contributed by atoms with Crippen molar-refractivity contribution < 1.29 is 4.98 Å².